The van der Waals surface area contributed by atoms with E-state index in [2.05, 4.69) is 23.8 Å². The van der Waals surface area contributed by atoms with E-state index in [0.717, 1.165) is 11.4 Å². The summed E-state index contributed by atoms with van der Waals surface area (Å²) in [6.45, 7) is 6.36. The minimum Gasteiger partial charge on any atom is -0.485 e. The highest BCUT2D eigenvalue weighted by Gasteiger charge is 2.09. The molecule has 0 bridgehead atoms. The summed E-state index contributed by atoms with van der Waals surface area (Å²) in [5.74, 6) is 0.497. The van der Waals surface area contributed by atoms with Crippen LogP contribution in [0.4, 0.5) is 0 Å². The molecule has 0 saturated carbocycles. The van der Waals surface area contributed by atoms with Gasteiger partial charge in [-0.25, -0.2) is 9.97 Å². The lowest BCUT2D eigenvalue weighted by Crippen LogP contribution is -2.08. The maximum absolute atomic E-state index is 11.0. The van der Waals surface area contributed by atoms with E-state index in [4.69, 9.17) is 4.74 Å². The molecule has 2 aromatic heterocycles. The minimum atomic E-state index is 0.322. The van der Waals surface area contributed by atoms with Gasteiger partial charge in [-0.1, -0.05) is 0 Å². The predicted molar refractivity (Wildman–Crippen MR) is 71.3 cm³/mol. The van der Waals surface area contributed by atoms with E-state index in [1.165, 1.54) is 0 Å². The molecular weight excluding hydrogens is 242 g/mol. The van der Waals surface area contributed by atoms with Gasteiger partial charge < -0.3 is 9.30 Å². The molecule has 5 heteroatoms. The first-order valence-corrected chi connectivity index (χ1v) is 6.18. The summed E-state index contributed by atoms with van der Waals surface area (Å²) < 4.78 is 7.69. The number of aldehydes is 1. The number of hydrogen-bond acceptors (Lipinski definition) is 4. The van der Waals surface area contributed by atoms with Crippen molar-refractivity contribution in [1.82, 2.24) is 14.5 Å². The van der Waals surface area contributed by atoms with Gasteiger partial charge >= 0.3 is 0 Å². The molecule has 0 aliphatic rings. The lowest BCUT2D eigenvalue weighted by Gasteiger charge is -2.13. The molecule has 19 heavy (non-hydrogen) atoms. The van der Waals surface area contributed by atoms with Crippen molar-refractivity contribution in [3.63, 3.8) is 0 Å². The average Bonchev–Trinajstić information content (AvgIpc) is 2.85. The summed E-state index contributed by atoms with van der Waals surface area (Å²) in [6, 6.07) is 3.91. The first kappa shape index (κ1) is 13.3. The van der Waals surface area contributed by atoms with E-state index < -0.39 is 0 Å². The molecule has 0 radical (unpaired) electrons. The number of carbonyl (C=O) groups excluding carboxylic acids is 1. The monoisotopic (exact) mass is 259 g/mol. The summed E-state index contributed by atoms with van der Waals surface area (Å²) in [5, 5.41) is 0. The highest BCUT2D eigenvalue weighted by atomic mass is 16.5. The Balaban J connectivity index is 2.14. The third kappa shape index (κ3) is 2.99. The van der Waals surface area contributed by atoms with Crippen LogP contribution in [0.1, 0.15) is 41.8 Å². The molecule has 2 rings (SSSR count). The number of aromatic nitrogens is 3. The molecule has 0 atom stereocenters. The van der Waals surface area contributed by atoms with Crippen LogP contribution in [-0.4, -0.2) is 20.8 Å². The quantitative estimate of drug-likeness (QED) is 0.774. The van der Waals surface area contributed by atoms with Crippen molar-refractivity contribution >= 4 is 6.29 Å². The van der Waals surface area contributed by atoms with Crippen LogP contribution in [0.15, 0.2) is 24.7 Å². The van der Waals surface area contributed by atoms with Gasteiger partial charge in [0.2, 0.25) is 0 Å². The number of pyridine rings is 1. The molecular formula is C14H17N3O2. The molecule has 5 nitrogen and oxygen atoms in total. The van der Waals surface area contributed by atoms with Crippen molar-refractivity contribution in [2.45, 2.75) is 33.4 Å². The molecule has 0 aromatic carbocycles. The first-order valence-electron chi connectivity index (χ1n) is 6.18. The molecule has 0 N–H and O–H groups in total. The van der Waals surface area contributed by atoms with E-state index in [-0.39, 0.29) is 0 Å². The Hall–Kier alpha value is -2.17. The van der Waals surface area contributed by atoms with Gasteiger partial charge in [0.05, 0.1) is 18.2 Å². The fourth-order valence-electron chi connectivity index (χ4n) is 1.83. The van der Waals surface area contributed by atoms with Crippen LogP contribution in [0.5, 0.6) is 5.75 Å². The zero-order valence-corrected chi connectivity index (χ0v) is 11.3. The van der Waals surface area contributed by atoms with Gasteiger partial charge in [-0.05, 0) is 32.9 Å². The van der Waals surface area contributed by atoms with Crippen LogP contribution in [0.25, 0.3) is 0 Å². The molecule has 0 spiro atoms. The zero-order valence-electron chi connectivity index (χ0n) is 11.3. The smallest absolute Gasteiger partial charge is 0.172 e. The Morgan fingerprint density at radius 1 is 1.42 bits per heavy atom. The molecule has 100 valence electrons. The largest absolute Gasteiger partial charge is 0.485 e. The van der Waals surface area contributed by atoms with Crippen LogP contribution in [-0.2, 0) is 6.61 Å². The average molecular weight is 259 g/mol. The Kier molecular flexibility index (Phi) is 3.94. The normalized spacial score (nSPS) is 10.7. The number of aryl methyl sites for hydroxylation is 1. The summed E-state index contributed by atoms with van der Waals surface area (Å²) in [7, 11) is 0. The predicted octanol–water partition coefficient (Wildman–Crippen LogP) is 2.56. The molecule has 0 aliphatic heterocycles. The number of carbonyl (C=O) groups is 1. The summed E-state index contributed by atoms with van der Waals surface area (Å²) in [5.41, 5.74) is 2.09. The van der Waals surface area contributed by atoms with Crippen LogP contribution in [0.2, 0.25) is 0 Å². The molecule has 2 heterocycles. The molecule has 0 saturated heterocycles. The Morgan fingerprint density at radius 2 is 2.21 bits per heavy atom. The Morgan fingerprint density at radius 3 is 2.89 bits per heavy atom. The number of hydrogen-bond donors (Lipinski definition) is 0. The van der Waals surface area contributed by atoms with Crippen LogP contribution in [0.3, 0.4) is 0 Å². The summed E-state index contributed by atoms with van der Waals surface area (Å²) in [6.07, 6.45) is 4.25. The molecule has 2 aromatic rings. The van der Waals surface area contributed by atoms with Crippen LogP contribution in [0, 0.1) is 6.92 Å². The van der Waals surface area contributed by atoms with Crippen LogP contribution >= 0.6 is 0 Å². The van der Waals surface area contributed by atoms with Crippen molar-refractivity contribution in [3.05, 3.63) is 41.7 Å². The van der Waals surface area contributed by atoms with Crippen molar-refractivity contribution in [2.24, 2.45) is 0 Å². The summed E-state index contributed by atoms with van der Waals surface area (Å²) >= 11 is 0. The van der Waals surface area contributed by atoms with Gasteiger partial charge in [-0.2, -0.15) is 0 Å². The van der Waals surface area contributed by atoms with E-state index in [1.807, 2.05) is 17.6 Å². The lowest BCUT2D eigenvalue weighted by atomic mass is 10.3. The van der Waals surface area contributed by atoms with Gasteiger partial charge in [-0.3, -0.25) is 4.79 Å². The van der Waals surface area contributed by atoms with Gasteiger partial charge in [0.1, 0.15) is 18.1 Å². The van der Waals surface area contributed by atoms with Gasteiger partial charge in [-0.15, -0.1) is 0 Å². The molecule has 0 amide bonds. The molecule has 0 unspecified atom stereocenters. The SMILES string of the molecule is Cc1ccc(OCc2cncn2C(C)C)c(C=O)n1. The Bertz CT molecular complexity index is 576. The minimum absolute atomic E-state index is 0.322. The van der Waals surface area contributed by atoms with Crippen molar-refractivity contribution in [3.8, 4) is 5.75 Å². The standard InChI is InChI=1S/C14H17N3O2/c1-10(2)17-9-15-6-12(17)8-19-14-5-4-11(3)16-13(14)7-18/h4-7,9-10H,8H2,1-3H3. The first-order chi connectivity index (χ1) is 9.11. The third-order valence-corrected chi connectivity index (χ3v) is 2.81. The maximum Gasteiger partial charge on any atom is 0.172 e. The van der Waals surface area contributed by atoms with Gasteiger partial charge in [0, 0.05) is 11.7 Å². The second kappa shape index (κ2) is 5.65. The second-order valence-electron chi connectivity index (χ2n) is 4.63. The van der Waals surface area contributed by atoms with E-state index in [0.29, 0.717) is 30.4 Å². The third-order valence-electron chi connectivity index (χ3n) is 2.81. The van der Waals surface area contributed by atoms with E-state index >= 15 is 0 Å². The zero-order chi connectivity index (χ0) is 13.8. The van der Waals surface area contributed by atoms with Crippen molar-refractivity contribution < 1.29 is 9.53 Å². The fraction of sp³-hybridized carbons (Fsp3) is 0.357. The summed E-state index contributed by atoms with van der Waals surface area (Å²) in [4.78, 5) is 19.2. The Labute approximate surface area is 112 Å². The van der Waals surface area contributed by atoms with Crippen molar-refractivity contribution in [2.75, 3.05) is 0 Å². The van der Waals surface area contributed by atoms with Gasteiger partial charge in [0.15, 0.2) is 6.29 Å². The number of rotatable bonds is 5. The number of nitrogens with zero attached hydrogens (tertiary/aromatic N) is 3. The van der Waals surface area contributed by atoms with E-state index in [9.17, 15) is 4.79 Å². The number of ether oxygens (including phenoxy) is 1. The maximum atomic E-state index is 11.0. The van der Waals surface area contributed by atoms with Gasteiger partial charge in [0.25, 0.3) is 0 Å². The highest BCUT2D eigenvalue weighted by Crippen LogP contribution is 2.17. The molecule has 0 aliphatic carbocycles. The van der Waals surface area contributed by atoms with E-state index in [1.54, 1.807) is 18.6 Å². The fourth-order valence-corrected chi connectivity index (χ4v) is 1.83. The topological polar surface area (TPSA) is 57.0 Å². The molecule has 0 fully saturated rings. The number of imidazole rings is 1. The highest BCUT2D eigenvalue weighted by molar-refractivity contribution is 5.76. The van der Waals surface area contributed by atoms with Crippen molar-refractivity contribution in [1.29, 1.82) is 0 Å². The second-order valence-corrected chi connectivity index (χ2v) is 4.63. The lowest BCUT2D eigenvalue weighted by molar-refractivity contribution is 0.111. The van der Waals surface area contributed by atoms with Crippen LogP contribution < -0.4 is 4.74 Å².